The molecule has 0 saturated carbocycles. The summed E-state index contributed by atoms with van der Waals surface area (Å²) >= 11 is 0. The van der Waals surface area contributed by atoms with Crippen LogP contribution in [0.2, 0.25) is 0 Å². The molecule has 2 amide bonds. The van der Waals surface area contributed by atoms with Gasteiger partial charge in [0.25, 0.3) is 0 Å². The monoisotopic (exact) mass is 608 g/mol. The van der Waals surface area contributed by atoms with Crippen LogP contribution in [-0.2, 0) is 32.8 Å². The van der Waals surface area contributed by atoms with Crippen LogP contribution in [0.15, 0.2) is 72.8 Å². The molecule has 0 aliphatic carbocycles. The Labute approximate surface area is 256 Å². The van der Waals surface area contributed by atoms with Gasteiger partial charge in [0.2, 0.25) is 11.8 Å². The van der Waals surface area contributed by atoms with Crippen LogP contribution in [0.4, 0.5) is 5.69 Å². The Kier molecular flexibility index (Phi) is 11.7. The van der Waals surface area contributed by atoms with Crippen molar-refractivity contribution in [1.82, 2.24) is 14.5 Å². The minimum Gasteiger partial charge on any atom is -0.497 e. The molecule has 0 aliphatic rings. The van der Waals surface area contributed by atoms with Crippen molar-refractivity contribution < 1.29 is 22.7 Å². The molecule has 0 heterocycles. The van der Waals surface area contributed by atoms with Crippen molar-refractivity contribution in [2.24, 2.45) is 5.92 Å². The SMILES string of the molecule is COc1cccc(CN(C(=O)CN(c2cc(C)ccc2C)S(=O)(=O)N(C)C)[C@H](Cc2ccccc2)C(=O)NCC(C)C)c1. The van der Waals surface area contributed by atoms with Gasteiger partial charge in [-0.1, -0.05) is 68.4 Å². The van der Waals surface area contributed by atoms with Crippen LogP contribution < -0.4 is 14.4 Å². The summed E-state index contributed by atoms with van der Waals surface area (Å²) in [6, 6.07) is 21.4. The number of benzene rings is 3. The Morgan fingerprint density at radius 3 is 2.21 bits per heavy atom. The van der Waals surface area contributed by atoms with E-state index in [1.165, 1.54) is 19.0 Å². The van der Waals surface area contributed by atoms with Crippen LogP contribution in [0.5, 0.6) is 5.75 Å². The molecule has 3 aromatic rings. The number of nitrogens with one attached hydrogen (secondary N) is 1. The van der Waals surface area contributed by atoms with Crippen LogP contribution in [0.1, 0.15) is 36.1 Å². The number of carbonyl (C=O) groups excluding carboxylic acids is 2. The van der Waals surface area contributed by atoms with Gasteiger partial charge in [0.05, 0.1) is 12.8 Å². The van der Waals surface area contributed by atoms with Crippen LogP contribution in [0, 0.1) is 19.8 Å². The minimum absolute atomic E-state index is 0.0747. The van der Waals surface area contributed by atoms with E-state index in [0.717, 1.165) is 25.3 Å². The van der Waals surface area contributed by atoms with E-state index < -0.39 is 28.7 Å². The van der Waals surface area contributed by atoms with Gasteiger partial charge in [-0.2, -0.15) is 12.7 Å². The topological polar surface area (TPSA) is 99.3 Å². The third-order valence-electron chi connectivity index (χ3n) is 7.09. The van der Waals surface area contributed by atoms with E-state index in [1.54, 1.807) is 19.2 Å². The fraction of sp³-hybridized carbons (Fsp3) is 0.394. The van der Waals surface area contributed by atoms with E-state index in [1.807, 2.05) is 88.4 Å². The molecular weight excluding hydrogens is 564 g/mol. The van der Waals surface area contributed by atoms with Crippen molar-refractivity contribution in [3.8, 4) is 5.75 Å². The van der Waals surface area contributed by atoms with Crippen molar-refractivity contribution >= 4 is 27.7 Å². The number of hydrogen-bond acceptors (Lipinski definition) is 5. The highest BCUT2D eigenvalue weighted by atomic mass is 32.2. The Hall–Kier alpha value is -3.89. The number of rotatable bonds is 14. The maximum absolute atomic E-state index is 14.4. The fourth-order valence-corrected chi connectivity index (χ4v) is 5.75. The van der Waals surface area contributed by atoms with Gasteiger partial charge in [0.15, 0.2) is 0 Å². The van der Waals surface area contributed by atoms with Gasteiger partial charge in [0, 0.05) is 33.6 Å². The lowest BCUT2D eigenvalue weighted by Gasteiger charge is -2.35. The molecule has 1 atom stereocenters. The van der Waals surface area contributed by atoms with Crippen LogP contribution in [0.3, 0.4) is 0 Å². The van der Waals surface area contributed by atoms with Crippen molar-refractivity contribution in [3.05, 3.63) is 95.1 Å². The zero-order chi connectivity index (χ0) is 31.7. The number of nitrogens with zero attached hydrogens (tertiary/aromatic N) is 3. The average molecular weight is 609 g/mol. The summed E-state index contributed by atoms with van der Waals surface area (Å²) in [5.74, 6) is 0.00665. The predicted octanol–water partition coefficient (Wildman–Crippen LogP) is 4.34. The second-order valence-corrected chi connectivity index (χ2v) is 13.4. The number of amides is 2. The van der Waals surface area contributed by atoms with E-state index >= 15 is 0 Å². The van der Waals surface area contributed by atoms with E-state index in [9.17, 15) is 18.0 Å². The molecule has 232 valence electrons. The lowest BCUT2D eigenvalue weighted by Crippen LogP contribution is -2.54. The summed E-state index contributed by atoms with van der Waals surface area (Å²) in [7, 11) is 0.360. The van der Waals surface area contributed by atoms with E-state index in [4.69, 9.17) is 4.74 Å². The van der Waals surface area contributed by atoms with Crippen molar-refractivity contribution in [2.45, 2.75) is 46.7 Å². The molecule has 0 bridgehead atoms. The number of carbonyl (C=O) groups is 2. The van der Waals surface area contributed by atoms with Gasteiger partial charge in [-0.3, -0.25) is 9.59 Å². The first-order valence-corrected chi connectivity index (χ1v) is 15.7. The number of ether oxygens (including phenoxy) is 1. The predicted molar refractivity (Wildman–Crippen MR) is 171 cm³/mol. The number of methoxy groups -OCH3 is 1. The molecule has 43 heavy (non-hydrogen) atoms. The minimum atomic E-state index is -4.07. The number of aryl methyl sites for hydroxylation is 2. The first-order chi connectivity index (χ1) is 20.3. The smallest absolute Gasteiger partial charge is 0.304 e. The average Bonchev–Trinajstić information content (AvgIpc) is 2.98. The third-order valence-corrected chi connectivity index (χ3v) is 8.90. The standard InChI is InChI=1S/C33H44N4O5S/c1-24(2)21-34-33(39)31(20-27-12-9-8-10-13-27)36(22-28-14-11-15-29(19-28)42-7)32(38)23-37(43(40,41)35(5)6)30-18-25(3)16-17-26(30)4/h8-19,24,31H,20-23H2,1-7H3,(H,34,39)/t31-/m1/s1. The highest BCUT2D eigenvalue weighted by Gasteiger charge is 2.35. The quantitative estimate of drug-likeness (QED) is 0.294. The van der Waals surface area contributed by atoms with Gasteiger partial charge in [-0.15, -0.1) is 0 Å². The molecule has 9 nitrogen and oxygen atoms in total. The molecule has 0 aliphatic heterocycles. The van der Waals surface area contributed by atoms with Crippen LogP contribution in [0.25, 0.3) is 0 Å². The summed E-state index contributed by atoms with van der Waals surface area (Å²) in [6.45, 7) is 7.70. The second-order valence-electron chi connectivity index (χ2n) is 11.3. The largest absolute Gasteiger partial charge is 0.497 e. The van der Waals surface area contributed by atoms with Gasteiger partial charge in [-0.05, 0) is 60.2 Å². The molecule has 0 spiro atoms. The first kappa shape index (κ1) is 33.6. The normalized spacial score (nSPS) is 12.2. The summed E-state index contributed by atoms with van der Waals surface area (Å²) in [5.41, 5.74) is 3.60. The van der Waals surface area contributed by atoms with Gasteiger partial charge in [0.1, 0.15) is 18.3 Å². The van der Waals surface area contributed by atoms with E-state index in [2.05, 4.69) is 5.32 Å². The van der Waals surface area contributed by atoms with Gasteiger partial charge in [-0.25, -0.2) is 4.31 Å². The highest BCUT2D eigenvalue weighted by molar-refractivity contribution is 7.90. The van der Waals surface area contributed by atoms with E-state index in [-0.39, 0.29) is 24.8 Å². The van der Waals surface area contributed by atoms with Crippen molar-refractivity contribution in [3.63, 3.8) is 0 Å². The van der Waals surface area contributed by atoms with Crippen LogP contribution >= 0.6 is 0 Å². The summed E-state index contributed by atoms with van der Waals surface area (Å²) in [4.78, 5) is 29.7. The molecule has 10 heteroatoms. The lowest BCUT2D eigenvalue weighted by molar-refractivity contribution is -0.140. The highest BCUT2D eigenvalue weighted by Crippen LogP contribution is 2.26. The Morgan fingerprint density at radius 2 is 1.58 bits per heavy atom. The molecular formula is C33H44N4O5S. The number of hydrogen-bond donors (Lipinski definition) is 1. The zero-order valence-corrected chi connectivity index (χ0v) is 27.0. The molecule has 0 unspecified atom stereocenters. The summed E-state index contributed by atoms with van der Waals surface area (Å²) in [5, 5.41) is 3.00. The molecule has 0 saturated heterocycles. The summed E-state index contributed by atoms with van der Waals surface area (Å²) in [6.07, 6.45) is 0.254. The molecule has 0 fully saturated rings. The van der Waals surface area contributed by atoms with Crippen molar-refractivity contribution in [2.75, 3.05) is 38.6 Å². The fourth-order valence-electron chi connectivity index (χ4n) is 4.63. The second kappa shape index (κ2) is 15.0. The molecule has 0 radical (unpaired) electrons. The van der Waals surface area contributed by atoms with Crippen molar-refractivity contribution in [1.29, 1.82) is 0 Å². The molecule has 3 rings (SSSR count). The van der Waals surface area contributed by atoms with Crippen LogP contribution in [-0.4, -0.2) is 69.8 Å². The maximum atomic E-state index is 14.4. The van der Waals surface area contributed by atoms with E-state index in [0.29, 0.717) is 23.5 Å². The van der Waals surface area contributed by atoms with Gasteiger partial charge < -0.3 is 15.0 Å². The molecule has 1 N–H and O–H groups in total. The Bertz CT molecular complexity index is 1490. The third kappa shape index (κ3) is 9.05. The molecule has 3 aromatic carbocycles. The first-order valence-electron chi connectivity index (χ1n) is 14.3. The summed E-state index contributed by atoms with van der Waals surface area (Å²) < 4.78 is 34.9. The Morgan fingerprint density at radius 1 is 0.907 bits per heavy atom. The Balaban J connectivity index is 2.13. The lowest BCUT2D eigenvalue weighted by atomic mass is 10.0. The number of anilines is 1. The maximum Gasteiger partial charge on any atom is 0.304 e. The zero-order valence-electron chi connectivity index (χ0n) is 26.2. The molecule has 0 aromatic heterocycles. The van der Waals surface area contributed by atoms with Gasteiger partial charge >= 0.3 is 10.2 Å².